The summed E-state index contributed by atoms with van der Waals surface area (Å²) < 4.78 is 24.5. The van der Waals surface area contributed by atoms with Gasteiger partial charge in [0, 0.05) is 7.05 Å². The summed E-state index contributed by atoms with van der Waals surface area (Å²) in [5, 5.41) is 7.97. The Hall–Kier alpha value is -2.64. The van der Waals surface area contributed by atoms with Crippen LogP contribution in [0, 0.1) is 0 Å². The van der Waals surface area contributed by atoms with Crippen LogP contribution in [0.5, 0.6) is 0 Å². The van der Waals surface area contributed by atoms with Gasteiger partial charge < -0.3 is 9.57 Å². The van der Waals surface area contributed by atoms with E-state index in [0.29, 0.717) is 28.6 Å². The van der Waals surface area contributed by atoms with Crippen LogP contribution in [-0.4, -0.2) is 50.0 Å². The van der Waals surface area contributed by atoms with Gasteiger partial charge in [0.2, 0.25) is 11.1 Å². The Morgan fingerprint density at radius 2 is 2.15 bits per heavy atom. The molecule has 0 aliphatic carbocycles. The number of carbonyl (C=O) groups is 1. The van der Waals surface area contributed by atoms with Gasteiger partial charge in [-0.25, -0.2) is 13.8 Å². The Balaban J connectivity index is 1.74. The van der Waals surface area contributed by atoms with E-state index in [1.54, 1.807) is 24.5 Å². The highest BCUT2D eigenvalue weighted by Crippen LogP contribution is 2.17. The van der Waals surface area contributed by atoms with Gasteiger partial charge >= 0.3 is 11.7 Å². The van der Waals surface area contributed by atoms with E-state index in [4.69, 9.17) is 13.9 Å². The molecule has 27 heavy (non-hydrogen) atoms. The lowest BCUT2D eigenvalue weighted by Gasteiger charge is -2.15. The second kappa shape index (κ2) is 8.37. The zero-order valence-corrected chi connectivity index (χ0v) is 15.9. The van der Waals surface area contributed by atoms with E-state index in [1.807, 2.05) is 5.48 Å². The van der Waals surface area contributed by atoms with Crippen LogP contribution in [0.4, 0.5) is 4.79 Å². The van der Waals surface area contributed by atoms with Gasteiger partial charge in [0.25, 0.3) is 5.90 Å². The summed E-state index contributed by atoms with van der Waals surface area (Å²) in [6.07, 6.45) is 1.71. The number of benzene rings is 1. The van der Waals surface area contributed by atoms with Crippen LogP contribution in [-0.2, 0) is 32.0 Å². The average molecular weight is 413 g/mol. The van der Waals surface area contributed by atoms with Crippen molar-refractivity contribution in [3.05, 3.63) is 40.3 Å². The van der Waals surface area contributed by atoms with Crippen LogP contribution in [0.2, 0.25) is 0 Å². The van der Waals surface area contributed by atoms with Crippen LogP contribution >= 0.6 is 11.8 Å². The van der Waals surface area contributed by atoms with Crippen LogP contribution in [0.1, 0.15) is 5.56 Å². The molecule has 144 valence electrons. The smallest absolute Gasteiger partial charge is 0.371 e. The van der Waals surface area contributed by atoms with Crippen molar-refractivity contribution >= 4 is 34.8 Å². The molecule has 1 unspecified atom stereocenters. The molecule has 1 aliphatic heterocycles. The minimum atomic E-state index is -2.10. The van der Waals surface area contributed by atoms with Gasteiger partial charge in [-0.05, 0) is 23.5 Å². The summed E-state index contributed by atoms with van der Waals surface area (Å²) in [7, 11) is 1.48. The van der Waals surface area contributed by atoms with Crippen molar-refractivity contribution in [1.82, 2.24) is 19.8 Å². The number of oxime groups is 1. The topological polar surface area (TPSA) is 126 Å². The molecule has 0 saturated heterocycles. The van der Waals surface area contributed by atoms with E-state index < -0.39 is 22.8 Å². The predicted octanol–water partition coefficient (Wildman–Crippen LogP) is 0.224. The number of ether oxygens (including phenoxy) is 1. The molecule has 2 aromatic rings. The molecule has 2 heterocycles. The highest BCUT2D eigenvalue weighted by Gasteiger charge is 2.21. The fraction of sp³-hybridized carbons (Fsp3) is 0.286. The highest BCUT2D eigenvalue weighted by molar-refractivity contribution is 7.98. The molecule has 1 atom stereocenters. The molecule has 11 nitrogen and oxygen atoms in total. The van der Waals surface area contributed by atoms with Crippen molar-refractivity contribution in [3.8, 4) is 0 Å². The molecule has 0 spiro atoms. The third-order valence-electron chi connectivity index (χ3n) is 3.38. The highest BCUT2D eigenvalue weighted by atomic mass is 32.2. The maximum absolute atomic E-state index is 12.5. The summed E-state index contributed by atoms with van der Waals surface area (Å²) in [5.74, 6) is 0.158. The Labute approximate surface area is 159 Å². The van der Waals surface area contributed by atoms with Crippen LogP contribution in [0.25, 0.3) is 0 Å². The Bertz CT molecular complexity index is 969. The number of hydrogen-bond acceptors (Lipinski definition) is 9. The predicted molar refractivity (Wildman–Crippen MR) is 95.6 cm³/mol. The van der Waals surface area contributed by atoms with Crippen molar-refractivity contribution in [2.75, 3.05) is 19.5 Å². The van der Waals surface area contributed by atoms with E-state index in [0.717, 1.165) is 0 Å². The Morgan fingerprint density at radius 3 is 2.81 bits per heavy atom. The minimum Gasteiger partial charge on any atom is -0.471 e. The van der Waals surface area contributed by atoms with Gasteiger partial charge in [-0.1, -0.05) is 23.9 Å². The summed E-state index contributed by atoms with van der Waals surface area (Å²) >= 11 is -0.903. The van der Waals surface area contributed by atoms with Gasteiger partial charge in [-0.15, -0.1) is 9.78 Å². The van der Waals surface area contributed by atoms with Gasteiger partial charge in [0.15, 0.2) is 11.8 Å². The third-order valence-corrected chi connectivity index (χ3v) is 5.05. The standard InChI is InChI=1S/C14H15N5O6S2/c1-18-13(26-2)15-19(14(18)21)12(20)17-25-27(22)10-6-4-3-5-9(10)11-16-24-8-7-23-11/h3-6H,7-8H2,1-2H3,(H,17,20). The number of rotatable bonds is 5. The lowest BCUT2D eigenvalue weighted by atomic mass is 10.2. The molecule has 1 N–H and O–H groups in total. The maximum atomic E-state index is 12.5. The minimum absolute atomic E-state index is 0.158. The monoisotopic (exact) mass is 413 g/mol. The molecule has 1 aromatic carbocycles. The fourth-order valence-corrected chi connectivity index (χ4v) is 3.39. The van der Waals surface area contributed by atoms with Crippen LogP contribution < -0.4 is 11.2 Å². The SMILES string of the molecule is CSc1nn(C(=O)NOS(=O)c2ccccc2C2=NOCCO2)c(=O)n1C. The number of carbonyl (C=O) groups excluding carboxylic acids is 1. The number of aromatic nitrogens is 3. The molecule has 3 rings (SSSR count). The number of hydrogen-bond donors (Lipinski definition) is 1. The summed E-state index contributed by atoms with van der Waals surface area (Å²) in [6.45, 7) is 0.621. The lowest BCUT2D eigenvalue weighted by molar-refractivity contribution is 0.0653. The number of nitrogens with one attached hydrogen (secondary N) is 1. The van der Waals surface area contributed by atoms with Gasteiger partial charge in [0.05, 0.1) is 10.5 Å². The number of nitrogens with zero attached hydrogens (tertiary/aromatic N) is 4. The van der Waals surface area contributed by atoms with E-state index in [9.17, 15) is 13.8 Å². The quantitative estimate of drug-likeness (QED) is 0.545. The molecule has 0 radical (unpaired) electrons. The zero-order chi connectivity index (χ0) is 19.4. The summed E-state index contributed by atoms with van der Waals surface area (Å²) in [4.78, 5) is 29.3. The molecule has 13 heteroatoms. The summed E-state index contributed by atoms with van der Waals surface area (Å²) in [6, 6.07) is 5.51. The van der Waals surface area contributed by atoms with E-state index in [-0.39, 0.29) is 10.8 Å². The molecule has 0 saturated carbocycles. The second-order valence-electron chi connectivity index (χ2n) is 5.04. The van der Waals surface area contributed by atoms with Crippen molar-refractivity contribution in [2.24, 2.45) is 12.2 Å². The van der Waals surface area contributed by atoms with Crippen LogP contribution in [0.15, 0.2) is 44.3 Å². The van der Waals surface area contributed by atoms with E-state index in [2.05, 4.69) is 10.3 Å². The number of amides is 1. The summed E-state index contributed by atoms with van der Waals surface area (Å²) in [5.41, 5.74) is 1.69. The average Bonchev–Trinajstić information content (AvgIpc) is 3.01. The van der Waals surface area contributed by atoms with E-state index >= 15 is 0 Å². The Morgan fingerprint density at radius 1 is 1.37 bits per heavy atom. The zero-order valence-electron chi connectivity index (χ0n) is 14.3. The van der Waals surface area contributed by atoms with Crippen molar-refractivity contribution < 1.29 is 22.9 Å². The Kier molecular flexibility index (Phi) is 5.93. The molecule has 1 aliphatic rings. The van der Waals surface area contributed by atoms with Gasteiger partial charge in [-0.2, -0.15) is 9.76 Å². The first-order valence-corrected chi connectivity index (χ1v) is 9.84. The molecule has 0 bridgehead atoms. The molecule has 1 amide bonds. The molecule has 0 fully saturated rings. The van der Waals surface area contributed by atoms with Crippen molar-refractivity contribution in [1.29, 1.82) is 0 Å². The van der Waals surface area contributed by atoms with Crippen molar-refractivity contribution in [3.63, 3.8) is 0 Å². The van der Waals surface area contributed by atoms with Gasteiger partial charge in [-0.3, -0.25) is 4.57 Å². The first-order valence-electron chi connectivity index (χ1n) is 7.54. The first-order chi connectivity index (χ1) is 13.0. The maximum Gasteiger partial charge on any atom is 0.371 e. The molecule has 1 aromatic heterocycles. The molecular formula is C14H15N5O6S2. The normalized spacial score (nSPS) is 14.7. The second-order valence-corrected chi connectivity index (χ2v) is 6.89. The van der Waals surface area contributed by atoms with E-state index in [1.165, 1.54) is 29.4 Å². The van der Waals surface area contributed by atoms with Crippen molar-refractivity contribution in [2.45, 2.75) is 10.1 Å². The number of hydroxylamine groups is 1. The van der Waals surface area contributed by atoms with Crippen LogP contribution in [0.3, 0.4) is 0 Å². The number of thioether (sulfide) groups is 1. The largest absolute Gasteiger partial charge is 0.471 e. The molecular weight excluding hydrogens is 398 g/mol. The fourth-order valence-electron chi connectivity index (χ4n) is 2.11. The first kappa shape index (κ1) is 19.1. The third kappa shape index (κ3) is 4.04. The van der Waals surface area contributed by atoms with Gasteiger partial charge in [0.1, 0.15) is 6.61 Å². The lowest BCUT2D eigenvalue weighted by Crippen LogP contribution is -2.37.